The van der Waals surface area contributed by atoms with E-state index in [1.165, 1.54) is 11.1 Å². The van der Waals surface area contributed by atoms with Gasteiger partial charge in [0.25, 0.3) is 0 Å². The molecule has 0 radical (unpaired) electrons. The van der Waals surface area contributed by atoms with Crippen LogP contribution < -0.4 is 10.7 Å². The molecular weight excluding hydrogens is 328 g/mol. The number of aromatic nitrogens is 1. The van der Waals surface area contributed by atoms with Crippen LogP contribution >= 0.6 is 0 Å². The molecule has 0 spiro atoms. The number of hydrogen-bond donors (Lipinski definition) is 2. The number of benzene rings is 1. The van der Waals surface area contributed by atoms with Crippen LogP contribution in [0.2, 0.25) is 0 Å². The molecule has 0 unspecified atom stereocenters. The third-order valence-corrected chi connectivity index (χ3v) is 4.07. The summed E-state index contributed by atoms with van der Waals surface area (Å²) in [6, 6.07) is 8.24. The second-order valence-electron chi connectivity index (χ2n) is 6.78. The number of carbonyl (C=O) groups excluding carboxylic acids is 2. The van der Waals surface area contributed by atoms with Crippen molar-refractivity contribution in [3.05, 3.63) is 52.3 Å². The lowest BCUT2D eigenvalue weighted by Gasteiger charge is -2.13. The van der Waals surface area contributed by atoms with E-state index in [2.05, 4.69) is 52.5 Å². The van der Waals surface area contributed by atoms with Crippen LogP contribution in [0.25, 0.3) is 5.69 Å². The number of carbonyl (C=O) groups is 2. The van der Waals surface area contributed by atoms with Crippen molar-refractivity contribution in [1.29, 1.82) is 0 Å². The van der Waals surface area contributed by atoms with Gasteiger partial charge in [-0.05, 0) is 64.8 Å². The van der Waals surface area contributed by atoms with Crippen molar-refractivity contribution in [1.82, 2.24) is 15.3 Å². The van der Waals surface area contributed by atoms with E-state index in [1.54, 1.807) is 20.1 Å². The van der Waals surface area contributed by atoms with Gasteiger partial charge < -0.3 is 9.88 Å². The molecule has 0 atom stereocenters. The molecule has 2 N–H and O–H groups in total. The van der Waals surface area contributed by atoms with Crippen LogP contribution in [0.15, 0.2) is 29.4 Å². The minimum Gasteiger partial charge on any atom is -0.346 e. The molecule has 0 aliphatic rings. The first-order valence-electron chi connectivity index (χ1n) is 8.61. The summed E-state index contributed by atoms with van der Waals surface area (Å²) in [7, 11) is 0. The predicted octanol–water partition coefficient (Wildman–Crippen LogP) is 2.69. The smallest absolute Gasteiger partial charge is 0.329 e. The molecule has 138 valence electrons. The SMILES string of the molecule is Cc1ccc(C)c(-n2c(C)cc(/C=N\NC(=O)C(=O)NC(C)C)c2C)c1. The Bertz CT molecular complexity index is 863. The van der Waals surface area contributed by atoms with Crippen molar-refractivity contribution in [3.8, 4) is 5.69 Å². The van der Waals surface area contributed by atoms with Crippen LogP contribution in [0.1, 0.15) is 41.9 Å². The average Bonchev–Trinajstić information content (AvgIpc) is 2.83. The van der Waals surface area contributed by atoms with Gasteiger partial charge >= 0.3 is 11.8 Å². The molecule has 0 saturated carbocycles. The number of aryl methyl sites for hydroxylation is 3. The van der Waals surface area contributed by atoms with Gasteiger partial charge in [0.1, 0.15) is 0 Å². The molecule has 6 heteroatoms. The van der Waals surface area contributed by atoms with E-state index < -0.39 is 11.8 Å². The number of hydrazone groups is 1. The molecule has 0 aliphatic heterocycles. The highest BCUT2D eigenvalue weighted by molar-refractivity contribution is 6.35. The molecule has 0 saturated heterocycles. The van der Waals surface area contributed by atoms with Gasteiger partial charge in [-0.15, -0.1) is 0 Å². The second kappa shape index (κ2) is 7.99. The van der Waals surface area contributed by atoms with Crippen LogP contribution in [0, 0.1) is 27.7 Å². The van der Waals surface area contributed by atoms with Gasteiger partial charge in [-0.25, -0.2) is 5.43 Å². The Balaban J connectivity index is 2.21. The summed E-state index contributed by atoms with van der Waals surface area (Å²) >= 11 is 0. The van der Waals surface area contributed by atoms with Crippen molar-refractivity contribution < 1.29 is 9.59 Å². The second-order valence-corrected chi connectivity index (χ2v) is 6.78. The summed E-state index contributed by atoms with van der Waals surface area (Å²) in [4.78, 5) is 23.3. The van der Waals surface area contributed by atoms with Crippen LogP contribution in [0.4, 0.5) is 0 Å². The Morgan fingerprint density at radius 2 is 1.77 bits per heavy atom. The van der Waals surface area contributed by atoms with Crippen molar-refractivity contribution in [2.24, 2.45) is 5.10 Å². The zero-order chi connectivity index (χ0) is 19.4. The van der Waals surface area contributed by atoms with E-state index >= 15 is 0 Å². The molecule has 0 aliphatic carbocycles. The van der Waals surface area contributed by atoms with E-state index in [4.69, 9.17) is 0 Å². The standard InChI is InChI=1S/C20H26N4O2/c1-12(2)22-19(25)20(26)23-21-11-17-10-15(5)24(16(17)6)18-9-13(3)7-8-14(18)4/h7-12H,1-6H3,(H,22,25)(H,23,26)/b21-11-. The van der Waals surface area contributed by atoms with Gasteiger partial charge in [0, 0.05) is 28.7 Å². The molecule has 2 rings (SSSR count). The first-order chi connectivity index (χ1) is 12.2. The summed E-state index contributed by atoms with van der Waals surface area (Å²) in [5, 5.41) is 6.44. The topological polar surface area (TPSA) is 75.5 Å². The zero-order valence-electron chi connectivity index (χ0n) is 16.2. The summed E-state index contributed by atoms with van der Waals surface area (Å²) in [6.45, 7) is 11.8. The summed E-state index contributed by atoms with van der Waals surface area (Å²) < 4.78 is 2.16. The monoisotopic (exact) mass is 354 g/mol. The lowest BCUT2D eigenvalue weighted by molar-refractivity contribution is -0.139. The quantitative estimate of drug-likeness (QED) is 0.503. The Labute approximate surface area is 154 Å². The first kappa shape index (κ1) is 19.4. The van der Waals surface area contributed by atoms with Crippen LogP contribution in [0.3, 0.4) is 0 Å². The largest absolute Gasteiger partial charge is 0.346 e. The van der Waals surface area contributed by atoms with E-state index in [9.17, 15) is 9.59 Å². The van der Waals surface area contributed by atoms with E-state index in [1.807, 2.05) is 19.9 Å². The number of hydrogen-bond acceptors (Lipinski definition) is 3. The molecule has 26 heavy (non-hydrogen) atoms. The molecular formula is C20H26N4O2. The first-order valence-corrected chi connectivity index (χ1v) is 8.61. The lowest BCUT2D eigenvalue weighted by atomic mass is 10.1. The van der Waals surface area contributed by atoms with Crippen molar-refractivity contribution in [3.63, 3.8) is 0 Å². The molecule has 0 bridgehead atoms. The van der Waals surface area contributed by atoms with Crippen molar-refractivity contribution in [2.75, 3.05) is 0 Å². The third kappa shape index (κ3) is 4.39. The predicted molar refractivity (Wildman–Crippen MR) is 104 cm³/mol. The Morgan fingerprint density at radius 1 is 1.08 bits per heavy atom. The summed E-state index contributed by atoms with van der Waals surface area (Å²) in [5.74, 6) is -1.48. The average molecular weight is 354 g/mol. The fraction of sp³-hybridized carbons (Fsp3) is 0.350. The molecule has 2 amide bonds. The van der Waals surface area contributed by atoms with E-state index in [0.29, 0.717) is 0 Å². The Morgan fingerprint density at radius 3 is 2.42 bits per heavy atom. The van der Waals surface area contributed by atoms with Crippen molar-refractivity contribution in [2.45, 2.75) is 47.6 Å². The maximum atomic E-state index is 11.7. The van der Waals surface area contributed by atoms with Gasteiger partial charge in [0.15, 0.2) is 0 Å². The van der Waals surface area contributed by atoms with Gasteiger partial charge in [0.05, 0.1) is 6.21 Å². The van der Waals surface area contributed by atoms with Gasteiger partial charge in [-0.1, -0.05) is 12.1 Å². The van der Waals surface area contributed by atoms with Gasteiger partial charge in [-0.2, -0.15) is 5.10 Å². The van der Waals surface area contributed by atoms with Crippen molar-refractivity contribution >= 4 is 18.0 Å². The lowest BCUT2D eigenvalue weighted by Crippen LogP contribution is -2.41. The van der Waals surface area contributed by atoms with E-state index in [0.717, 1.165) is 22.6 Å². The van der Waals surface area contributed by atoms with Crippen LogP contribution in [-0.4, -0.2) is 28.6 Å². The highest BCUT2D eigenvalue weighted by Crippen LogP contribution is 2.23. The summed E-state index contributed by atoms with van der Waals surface area (Å²) in [5.41, 5.74) is 8.73. The molecule has 1 heterocycles. The normalized spacial score (nSPS) is 11.2. The molecule has 1 aromatic carbocycles. The molecule has 1 aromatic heterocycles. The van der Waals surface area contributed by atoms with Crippen LogP contribution in [0.5, 0.6) is 0 Å². The molecule has 2 aromatic rings. The molecule has 6 nitrogen and oxygen atoms in total. The fourth-order valence-corrected chi connectivity index (χ4v) is 2.79. The third-order valence-electron chi connectivity index (χ3n) is 4.07. The minimum absolute atomic E-state index is 0.103. The minimum atomic E-state index is -0.779. The Hall–Kier alpha value is -2.89. The maximum Gasteiger partial charge on any atom is 0.329 e. The van der Waals surface area contributed by atoms with E-state index in [-0.39, 0.29) is 6.04 Å². The Kier molecular flexibility index (Phi) is 5.97. The van der Waals surface area contributed by atoms with Crippen LogP contribution in [-0.2, 0) is 9.59 Å². The number of rotatable bonds is 4. The number of nitrogens with one attached hydrogen (secondary N) is 2. The number of amides is 2. The van der Waals surface area contributed by atoms with Gasteiger partial charge in [0.2, 0.25) is 0 Å². The van der Waals surface area contributed by atoms with Gasteiger partial charge in [-0.3, -0.25) is 9.59 Å². The fourth-order valence-electron chi connectivity index (χ4n) is 2.79. The number of nitrogens with zero attached hydrogens (tertiary/aromatic N) is 2. The summed E-state index contributed by atoms with van der Waals surface area (Å²) in [6.07, 6.45) is 1.56. The maximum absolute atomic E-state index is 11.7. The highest BCUT2D eigenvalue weighted by Gasteiger charge is 2.14. The highest BCUT2D eigenvalue weighted by atomic mass is 16.2. The zero-order valence-corrected chi connectivity index (χ0v) is 16.2. The molecule has 0 fully saturated rings.